The van der Waals surface area contributed by atoms with E-state index in [1.54, 1.807) is 0 Å². The van der Waals surface area contributed by atoms with E-state index >= 15 is 0 Å². The van der Waals surface area contributed by atoms with E-state index in [0.717, 1.165) is 38.8 Å². The van der Waals surface area contributed by atoms with Crippen molar-refractivity contribution in [2.24, 2.45) is 4.99 Å². The fourth-order valence-electron chi connectivity index (χ4n) is 2.58. The fraction of sp³-hybridized carbons (Fsp3) is 0.611. The van der Waals surface area contributed by atoms with Crippen molar-refractivity contribution >= 4 is 11.6 Å². The standard InChI is InChI=1S/C18H30N4O/c1-5-19-17(21-18(2,3)4)20-14-15-8-6-7-9-16(15)22-10-12-23-13-11-22/h6-9H,5,10-14H2,1-4H3,(H2,19,20,21). The van der Waals surface area contributed by atoms with Gasteiger partial charge in [-0.1, -0.05) is 18.2 Å². The first kappa shape index (κ1) is 17.6. The van der Waals surface area contributed by atoms with Gasteiger partial charge in [0.1, 0.15) is 0 Å². The Labute approximate surface area is 140 Å². The van der Waals surface area contributed by atoms with Crippen molar-refractivity contribution in [1.82, 2.24) is 10.6 Å². The van der Waals surface area contributed by atoms with Crippen molar-refractivity contribution < 1.29 is 4.74 Å². The lowest BCUT2D eigenvalue weighted by Gasteiger charge is -2.30. The highest BCUT2D eigenvalue weighted by Crippen LogP contribution is 2.22. The van der Waals surface area contributed by atoms with Crippen LogP contribution >= 0.6 is 0 Å². The summed E-state index contributed by atoms with van der Waals surface area (Å²) in [6.07, 6.45) is 0. The third kappa shape index (κ3) is 5.75. The molecule has 1 fully saturated rings. The van der Waals surface area contributed by atoms with Crippen LogP contribution in [0.1, 0.15) is 33.3 Å². The Morgan fingerprint density at radius 3 is 2.57 bits per heavy atom. The Kier molecular flexibility index (Phi) is 6.28. The summed E-state index contributed by atoms with van der Waals surface area (Å²) in [4.78, 5) is 7.15. The molecule has 2 N–H and O–H groups in total. The summed E-state index contributed by atoms with van der Waals surface area (Å²) in [7, 11) is 0. The van der Waals surface area contributed by atoms with Crippen LogP contribution in [0.4, 0.5) is 5.69 Å². The molecule has 1 heterocycles. The van der Waals surface area contributed by atoms with E-state index in [-0.39, 0.29) is 5.54 Å². The van der Waals surface area contributed by atoms with Crippen LogP contribution in [-0.4, -0.2) is 44.3 Å². The zero-order valence-corrected chi connectivity index (χ0v) is 14.9. The zero-order chi connectivity index (χ0) is 16.7. The molecule has 1 aliphatic heterocycles. The molecular weight excluding hydrogens is 288 g/mol. The number of ether oxygens (including phenoxy) is 1. The highest BCUT2D eigenvalue weighted by molar-refractivity contribution is 5.80. The van der Waals surface area contributed by atoms with Crippen LogP contribution in [0.5, 0.6) is 0 Å². The summed E-state index contributed by atoms with van der Waals surface area (Å²) in [6.45, 7) is 13.5. The summed E-state index contributed by atoms with van der Waals surface area (Å²) in [5.74, 6) is 0.858. The highest BCUT2D eigenvalue weighted by atomic mass is 16.5. The van der Waals surface area contributed by atoms with Gasteiger partial charge in [-0.05, 0) is 39.3 Å². The first-order valence-corrected chi connectivity index (χ1v) is 8.46. The van der Waals surface area contributed by atoms with E-state index in [1.165, 1.54) is 11.3 Å². The van der Waals surface area contributed by atoms with Crippen molar-refractivity contribution in [3.05, 3.63) is 29.8 Å². The minimum Gasteiger partial charge on any atom is -0.378 e. The van der Waals surface area contributed by atoms with Gasteiger partial charge in [0.25, 0.3) is 0 Å². The number of hydrogen-bond acceptors (Lipinski definition) is 3. The lowest BCUT2D eigenvalue weighted by atomic mass is 10.1. The molecule has 0 aromatic heterocycles. The third-order valence-corrected chi connectivity index (χ3v) is 3.59. The molecule has 1 saturated heterocycles. The van der Waals surface area contributed by atoms with Gasteiger partial charge in [-0.15, -0.1) is 0 Å². The number of nitrogens with zero attached hydrogens (tertiary/aromatic N) is 2. The second-order valence-electron chi connectivity index (χ2n) is 6.80. The molecule has 1 aliphatic rings. The van der Waals surface area contributed by atoms with Gasteiger partial charge in [-0.2, -0.15) is 0 Å². The Morgan fingerprint density at radius 1 is 1.22 bits per heavy atom. The molecule has 0 atom stereocenters. The first-order chi connectivity index (χ1) is 11.0. The quantitative estimate of drug-likeness (QED) is 0.661. The smallest absolute Gasteiger partial charge is 0.191 e. The average Bonchev–Trinajstić information content (AvgIpc) is 2.53. The number of benzene rings is 1. The second kappa shape index (κ2) is 8.20. The average molecular weight is 318 g/mol. The molecule has 0 bridgehead atoms. The highest BCUT2D eigenvalue weighted by Gasteiger charge is 2.15. The zero-order valence-electron chi connectivity index (χ0n) is 14.9. The van der Waals surface area contributed by atoms with Crippen LogP contribution in [0.3, 0.4) is 0 Å². The molecule has 0 unspecified atom stereocenters. The van der Waals surface area contributed by atoms with Crippen LogP contribution in [-0.2, 0) is 11.3 Å². The predicted molar refractivity (Wildman–Crippen MR) is 97.2 cm³/mol. The van der Waals surface area contributed by atoms with Crippen LogP contribution in [0.15, 0.2) is 29.3 Å². The van der Waals surface area contributed by atoms with Crippen LogP contribution in [0, 0.1) is 0 Å². The topological polar surface area (TPSA) is 48.9 Å². The summed E-state index contributed by atoms with van der Waals surface area (Å²) in [6, 6.07) is 8.52. The van der Waals surface area contributed by atoms with Crippen LogP contribution in [0.25, 0.3) is 0 Å². The largest absolute Gasteiger partial charge is 0.378 e. The second-order valence-corrected chi connectivity index (χ2v) is 6.80. The van der Waals surface area contributed by atoms with E-state index in [1.807, 2.05) is 0 Å². The van der Waals surface area contributed by atoms with Crippen molar-refractivity contribution in [2.75, 3.05) is 37.7 Å². The molecule has 128 valence electrons. The number of morpholine rings is 1. The van der Waals surface area contributed by atoms with Gasteiger partial charge in [0.05, 0.1) is 19.8 Å². The molecule has 2 rings (SSSR count). The van der Waals surface area contributed by atoms with Crippen LogP contribution in [0.2, 0.25) is 0 Å². The number of guanidine groups is 1. The van der Waals surface area contributed by atoms with Crippen molar-refractivity contribution in [1.29, 1.82) is 0 Å². The molecule has 1 aromatic carbocycles. The van der Waals surface area contributed by atoms with Crippen molar-refractivity contribution in [2.45, 2.75) is 39.8 Å². The number of hydrogen-bond donors (Lipinski definition) is 2. The first-order valence-electron chi connectivity index (χ1n) is 8.46. The molecule has 1 aromatic rings. The van der Waals surface area contributed by atoms with E-state index < -0.39 is 0 Å². The minimum atomic E-state index is -0.00920. The van der Waals surface area contributed by atoms with E-state index in [0.29, 0.717) is 6.54 Å². The number of rotatable bonds is 4. The summed E-state index contributed by atoms with van der Waals surface area (Å²) in [5, 5.41) is 6.75. The van der Waals surface area contributed by atoms with Crippen LogP contribution < -0.4 is 15.5 Å². The molecule has 5 heteroatoms. The monoisotopic (exact) mass is 318 g/mol. The van der Waals surface area contributed by atoms with E-state index in [9.17, 15) is 0 Å². The SMILES string of the molecule is CCNC(=NCc1ccccc1N1CCOCC1)NC(C)(C)C. The summed E-state index contributed by atoms with van der Waals surface area (Å²) >= 11 is 0. The fourth-order valence-corrected chi connectivity index (χ4v) is 2.58. The van der Waals surface area contributed by atoms with Gasteiger partial charge in [0.15, 0.2) is 5.96 Å². The molecule has 0 radical (unpaired) electrons. The van der Waals surface area contributed by atoms with Crippen molar-refractivity contribution in [3.63, 3.8) is 0 Å². The Bertz CT molecular complexity index is 516. The maximum Gasteiger partial charge on any atom is 0.191 e. The van der Waals surface area contributed by atoms with Gasteiger partial charge in [0.2, 0.25) is 0 Å². The number of para-hydroxylation sites is 1. The Balaban J connectivity index is 2.13. The lowest BCUT2D eigenvalue weighted by Crippen LogP contribution is -2.47. The molecule has 23 heavy (non-hydrogen) atoms. The van der Waals surface area contributed by atoms with Gasteiger partial charge in [0, 0.05) is 30.9 Å². The third-order valence-electron chi connectivity index (χ3n) is 3.59. The van der Waals surface area contributed by atoms with E-state index in [4.69, 9.17) is 9.73 Å². The maximum absolute atomic E-state index is 5.46. The maximum atomic E-state index is 5.46. The van der Waals surface area contributed by atoms with E-state index in [2.05, 4.69) is 67.5 Å². The molecule has 0 amide bonds. The van der Waals surface area contributed by atoms with Crippen molar-refractivity contribution in [3.8, 4) is 0 Å². The molecule has 0 spiro atoms. The van der Waals surface area contributed by atoms with Gasteiger partial charge in [-0.3, -0.25) is 0 Å². The Hall–Kier alpha value is -1.75. The Morgan fingerprint density at radius 2 is 1.91 bits per heavy atom. The molecule has 0 aliphatic carbocycles. The minimum absolute atomic E-state index is 0.00920. The van der Waals surface area contributed by atoms with Gasteiger partial charge < -0.3 is 20.3 Å². The molecule has 5 nitrogen and oxygen atoms in total. The normalized spacial score (nSPS) is 16.3. The predicted octanol–water partition coefficient (Wildman–Crippen LogP) is 2.38. The summed E-state index contributed by atoms with van der Waals surface area (Å²) < 4.78 is 5.46. The van der Waals surface area contributed by atoms with Gasteiger partial charge >= 0.3 is 0 Å². The molecule has 0 saturated carbocycles. The molecular formula is C18H30N4O. The lowest BCUT2D eigenvalue weighted by molar-refractivity contribution is 0.122. The number of anilines is 1. The van der Waals surface area contributed by atoms with Gasteiger partial charge in [-0.25, -0.2) is 4.99 Å². The summed E-state index contributed by atoms with van der Waals surface area (Å²) in [5.41, 5.74) is 2.51. The number of nitrogens with one attached hydrogen (secondary N) is 2. The number of aliphatic imine (C=N–C) groups is 1.